The summed E-state index contributed by atoms with van der Waals surface area (Å²) in [5.41, 5.74) is 0.130. The monoisotopic (exact) mass is 324 g/mol. The average molecular weight is 324 g/mol. The van der Waals surface area contributed by atoms with Crippen molar-refractivity contribution in [1.29, 1.82) is 0 Å². The molecular weight excluding hydrogens is 303 g/mol. The molecule has 2 atom stereocenters. The number of amides is 1. The van der Waals surface area contributed by atoms with Gasteiger partial charge < -0.3 is 25.2 Å². The number of hydrogen-bond donors (Lipinski definition) is 3. The maximum absolute atomic E-state index is 13.7. The lowest BCUT2D eigenvalue weighted by Crippen LogP contribution is -2.45. The smallest absolute Gasteiger partial charge is 0.255 e. The van der Waals surface area contributed by atoms with Crippen molar-refractivity contribution in [2.75, 3.05) is 32.8 Å². The number of carbonyl (C=O) groups excluding carboxylic acids is 1. The molecule has 0 unspecified atom stereocenters. The van der Waals surface area contributed by atoms with Gasteiger partial charge in [0.1, 0.15) is 5.82 Å². The SMILES string of the molecule is O=C(NC[C@@H]1CCNC[C@H]1O)c1cc(F)cc2c1OCCCO2. The fourth-order valence-electron chi connectivity index (χ4n) is 2.86. The normalized spacial score (nSPS) is 23.9. The molecule has 0 bridgehead atoms. The molecule has 3 N–H and O–H groups in total. The standard InChI is InChI=1S/C16H21FN2O4/c17-11-6-12(15-14(7-11)22-4-1-5-23-15)16(21)19-8-10-2-3-18-9-13(10)20/h6-7,10,13,18,20H,1-5,8-9H2,(H,19,21)/t10-,13+/m0/s1. The molecule has 1 aromatic carbocycles. The number of benzene rings is 1. The Morgan fingerprint density at radius 3 is 3.04 bits per heavy atom. The first-order valence-corrected chi connectivity index (χ1v) is 7.91. The van der Waals surface area contributed by atoms with Crippen LogP contribution in [-0.4, -0.2) is 50.0 Å². The van der Waals surface area contributed by atoms with E-state index in [2.05, 4.69) is 10.6 Å². The Hall–Kier alpha value is -1.86. The Kier molecular flexibility index (Phi) is 4.97. The molecule has 0 spiro atoms. The van der Waals surface area contributed by atoms with Gasteiger partial charge in [0.15, 0.2) is 11.5 Å². The number of aliphatic hydroxyl groups is 1. The van der Waals surface area contributed by atoms with E-state index in [4.69, 9.17) is 9.47 Å². The van der Waals surface area contributed by atoms with E-state index in [9.17, 15) is 14.3 Å². The van der Waals surface area contributed by atoms with Crippen molar-refractivity contribution in [3.8, 4) is 11.5 Å². The molecule has 0 aromatic heterocycles. The molecule has 1 amide bonds. The predicted octanol–water partition coefficient (Wildman–Crippen LogP) is 0.687. The van der Waals surface area contributed by atoms with Crippen LogP contribution in [0.5, 0.6) is 11.5 Å². The van der Waals surface area contributed by atoms with E-state index in [1.807, 2.05) is 0 Å². The zero-order chi connectivity index (χ0) is 16.2. The molecule has 0 aliphatic carbocycles. The summed E-state index contributed by atoms with van der Waals surface area (Å²) in [4.78, 5) is 12.4. The van der Waals surface area contributed by atoms with Gasteiger partial charge in [-0.25, -0.2) is 4.39 Å². The molecule has 6 nitrogen and oxygen atoms in total. The van der Waals surface area contributed by atoms with Gasteiger partial charge in [-0.05, 0) is 19.0 Å². The van der Waals surface area contributed by atoms with Crippen LogP contribution >= 0.6 is 0 Å². The van der Waals surface area contributed by atoms with Crippen LogP contribution in [0.1, 0.15) is 23.2 Å². The Morgan fingerprint density at radius 1 is 1.39 bits per heavy atom. The highest BCUT2D eigenvalue weighted by Crippen LogP contribution is 2.34. The number of fused-ring (bicyclic) bond motifs is 1. The molecule has 2 aliphatic heterocycles. The number of rotatable bonds is 3. The van der Waals surface area contributed by atoms with Crippen LogP contribution in [0.2, 0.25) is 0 Å². The summed E-state index contributed by atoms with van der Waals surface area (Å²) in [5, 5.41) is 15.8. The molecule has 7 heteroatoms. The van der Waals surface area contributed by atoms with E-state index in [1.54, 1.807) is 0 Å². The third kappa shape index (κ3) is 3.73. The van der Waals surface area contributed by atoms with Gasteiger partial charge in [0, 0.05) is 31.5 Å². The van der Waals surface area contributed by atoms with Crippen molar-refractivity contribution in [2.24, 2.45) is 5.92 Å². The van der Waals surface area contributed by atoms with Gasteiger partial charge in [-0.1, -0.05) is 0 Å². The van der Waals surface area contributed by atoms with E-state index >= 15 is 0 Å². The third-order valence-corrected chi connectivity index (χ3v) is 4.17. The van der Waals surface area contributed by atoms with Crippen LogP contribution in [0, 0.1) is 11.7 Å². The number of carbonyl (C=O) groups is 1. The molecule has 1 saturated heterocycles. The van der Waals surface area contributed by atoms with Crippen LogP contribution < -0.4 is 20.1 Å². The summed E-state index contributed by atoms with van der Waals surface area (Å²) < 4.78 is 24.7. The van der Waals surface area contributed by atoms with Crippen molar-refractivity contribution < 1.29 is 23.8 Å². The number of nitrogens with one attached hydrogen (secondary N) is 2. The zero-order valence-electron chi connectivity index (χ0n) is 12.8. The minimum absolute atomic E-state index is 0.00969. The van der Waals surface area contributed by atoms with Gasteiger partial charge in [-0.2, -0.15) is 0 Å². The van der Waals surface area contributed by atoms with E-state index in [1.165, 1.54) is 6.07 Å². The second-order valence-electron chi connectivity index (χ2n) is 5.86. The largest absolute Gasteiger partial charge is 0.489 e. The van der Waals surface area contributed by atoms with Gasteiger partial charge >= 0.3 is 0 Å². The predicted molar refractivity (Wildman–Crippen MR) is 81.3 cm³/mol. The lowest BCUT2D eigenvalue weighted by molar-refractivity contribution is 0.0751. The second kappa shape index (κ2) is 7.14. The highest BCUT2D eigenvalue weighted by molar-refractivity contribution is 5.97. The van der Waals surface area contributed by atoms with Crippen LogP contribution in [0.4, 0.5) is 4.39 Å². The second-order valence-corrected chi connectivity index (χ2v) is 5.86. The molecule has 23 heavy (non-hydrogen) atoms. The fraction of sp³-hybridized carbons (Fsp3) is 0.562. The Morgan fingerprint density at radius 2 is 2.22 bits per heavy atom. The molecule has 126 valence electrons. The summed E-state index contributed by atoms with van der Waals surface area (Å²) in [6.07, 6.45) is 0.967. The lowest BCUT2D eigenvalue weighted by Gasteiger charge is -2.28. The maximum Gasteiger partial charge on any atom is 0.255 e. The zero-order valence-corrected chi connectivity index (χ0v) is 12.8. The summed E-state index contributed by atoms with van der Waals surface area (Å²) >= 11 is 0. The average Bonchev–Trinajstić information content (AvgIpc) is 2.78. The summed E-state index contributed by atoms with van der Waals surface area (Å²) in [6, 6.07) is 2.38. The quantitative estimate of drug-likeness (QED) is 0.762. The third-order valence-electron chi connectivity index (χ3n) is 4.17. The van der Waals surface area contributed by atoms with E-state index in [0.29, 0.717) is 32.7 Å². The molecule has 0 saturated carbocycles. The number of hydrogen-bond acceptors (Lipinski definition) is 5. The highest BCUT2D eigenvalue weighted by atomic mass is 19.1. The van der Waals surface area contributed by atoms with Crippen molar-refractivity contribution in [2.45, 2.75) is 18.9 Å². The molecule has 1 fully saturated rings. The molecule has 3 rings (SSSR count). The first-order valence-electron chi connectivity index (χ1n) is 7.91. The van der Waals surface area contributed by atoms with Gasteiger partial charge in [0.2, 0.25) is 0 Å². The number of aliphatic hydroxyl groups excluding tert-OH is 1. The Bertz CT molecular complexity index is 581. The Labute approximate surface area is 134 Å². The van der Waals surface area contributed by atoms with E-state index in [0.717, 1.165) is 19.0 Å². The lowest BCUT2D eigenvalue weighted by atomic mass is 9.95. The summed E-state index contributed by atoms with van der Waals surface area (Å²) in [5.74, 6) is -0.426. The van der Waals surface area contributed by atoms with E-state index < -0.39 is 17.8 Å². The number of halogens is 1. The first kappa shape index (κ1) is 16.0. The molecule has 2 heterocycles. The molecule has 0 radical (unpaired) electrons. The molecule has 1 aromatic rings. The minimum Gasteiger partial charge on any atom is -0.489 e. The van der Waals surface area contributed by atoms with Gasteiger partial charge in [-0.15, -0.1) is 0 Å². The van der Waals surface area contributed by atoms with Crippen LogP contribution in [0.3, 0.4) is 0 Å². The van der Waals surface area contributed by atoms with Crippen molar-refractivity contribution >= 4 is 5.91 Å². The van der Waals surface area contributed by atoms with Gasteiger partial charge in [0.05, 0.1) is 24.9 Å². The van der Waals surface area contributed by atoms with Gasteiger partial charge in [0.25, 0.3) is 5.91 Å². The first-order chi connectivity index (χ1) is 11.1. The molecular formula is C16H21FN2O4. The number of ether oxygens (including phenoxy) is 2. The molecule has 2 aliphatic rings. The van der Waals surface area contributed by atoms with Crippen molar-refractivity contribution in [3.63, 3.8) is 0 Å². The van der Waals surface area contributed by atoms with Crippen LogP contribution in [-0.2, 0) is 0 Å². The fourth-order valence-corrected chi connectivity index (χ4v) is 2.86. The van der Waals surface area contributed by atoms with Crippen LogP contribution in [0.25, 0.3) is 0 Å². The highest BCUT2D eigenvalue weighted by Gasteiger charge is 2.25. The van der Waals surface area contributed by atoms with Crippen molar-refractivity contribution in [1.82, 2.24) is 10.6 Å². The number of β-amino-alcohol motifs (C(OH)–C–C–N with tert-alkyl or cyclic N) is 1. The summed E-state index contributed by atoms with van der Waals surface area (Å²) in [6.45, 7) is 2.52. The number of piperidine rings is 1. The van der Waals surface area contributed by atoms with Crippen molar-refractivity contribution in [3.05, 3.63) is 23.5 Å². The summed E-state index contributed by atoms with van der Waals surface area (Å²) in [7, 11) is 0. The van der Waals surface area contributed by atoms with E-state index in [-0.39, 0.29) is 23.0 Å². The van der Waals surface area contributed by atoms with Gasteiger partial charge in [-0.3, -0.25) is 4.79 Å². The maximum atomic E-state index is 13.7. The topological polar surface area (TPSA) is 79.8 Å². The van der Waals surface area contributed by atoms with Crippen LogP contribution in [0.15, 0.2) is 12.1 Å². The minimum atomic E-state index is -0.540. The Balaban J connectivity index is 1.72.